The summed E-state index contributed by atoms with van der Waals surface area (Å²) in [5.74, 6) is 1.15. The minimum Gasteiger partial charge on any atom is -0.334 e. The average molecular weight is 323 g/mol. The topological polar surface area (TPSA) is 82.8 Å². The van der Waals surface area contributed by atoms with Crippen molar-refractivity contribution >= 4 is 0 Å². The van der Waals surface area contributed by atoms with Crippen molar-refractivity contribution in [2.75, 3.05) is 0 Å². The van der Waals surface area contributed by atoms with Crippen LogP contribution in [0.15, 0.2) is 34.9 Å². The monoisotopic (exact) mass is 323 g/mol. The Hall–Kier alpha value is -2.47. The smallest absolute Gasteiger partial charge is 0.257 e. The molecule has 3 aromatic rings. The quantitative estimate of drug-likeness (QED) is 0.798. The highest BCUT2D eigenvalue weighted by molar-refractivity contribution is 5.53. The lowest BCUT2D eigenvalue weighted by Gasteiger charge is -2.34. The molecular formula is C18H21N5O. The van der Waals surface area contributed by atoms with Crippen molar-refractivity contribution in [1.82, 2.24) is 19.9 Å². The molecule has 0 bridgehead atoms. The highest BCUT2D eigenvalue weighted by atomic mass is 16.5. The van der Waals surface area contributed by atoms with E-state index in [9.17, 15) is 0 Å². The standard InChI is InChI=1S/C18H21N5O/c1-12-10-13(2)23(21-12)11-14-4-6-15(7-5-14)16-20-17(22-24-16)18(19)8-3-9-18/h4-7,10H,3,8-9,11,19H2,1-2H3. The van der Waals surface area contributed by atoms with Gasteiger partial charge in [-0.1, -0.05) is 17.3 Å². The molecule has 0 saturated heterocycles. The third-order valence-corrected chi connectivity index (χ3v) is 4.75. The molecule has 0 atom stereocenters. The summed E-state index contributed by atoms with van der Waals surface area (Å²) in [5.41, 5.74) is 10.1. The van der Waals surface area contributed by atoms with Gasteiger partial charge in [-0.3, -0.25) is 4.68 Å². The minimum absolute atomic E-state index is 0.392. The summed E-state index contributed by atoms with van der Waals surface area (Å²) in [5, 5.41) is 8.56. The van der Waals surface area contributed by atoms with Crippen LogP contribution in [-0.2, 0) is 12.1 Å². The molecule has 24 heavy (non-hydrogen) atoms. The Morgan fingerprint density at radius 3 is 2.54 bits per heavy atom. The number of aryl methyl sites for hydroxylation is 2. The normalized spacial score (nSPS) is 16.1. The molecule has 2 aromatic heterocycles. The van der Waals surface area contributed by atoms with Crippen LogP contribution in [0.1, 0.15) is 42.0 Å². The minimum atomic E-state index is -0.392. The van der Waals surface area contributed by atoms with Gasteiger partial charge in [0.2, 0.25) is 0 Å². The Morgan fingerprint density at radius 2 is 1.96 bits per heavy atom. The number of benzene rings is 1. The van der Waals surface area contributed by atoms with Crippen LogP contribution in [0.25, 0.3) is 11.5 Å². The second-order valence-electron chi connectivity index (χ2n) is 6.71. The van der Waals surface area contributed by atoms with E-state index in [4.69, 9.17) is 10.3 Å². The van der Waals surface area contributed by atoms with Gasteiger partial charge in [0.25, 0.3) is 5.89 Å². The first-order valence-electron chi connectivity index (χ1n) is 8.27. The Bertz CT molecular complexity index is 858. The molecule has 0 aliphatic heterocycles. The first-order chi connectivity index (χ1) is 11.5. The van der Waals surface area contributed by atoms with Crippen LogP contribution < -0.4 is 5.73 Å². The van der Waals surface area contributed by atoms with Crippen LogP contribution in [0.5, 0.6) is 0 Å². The van der Waals surface area contributed by atoms with Crippen molar-refractivity contribution < 1.29 is 4.52 Å². The van der Waals surface area contributed by atoms with E-state index in [1.807, 2.05) is 23.7 Å². The molecule has 0 radical (unpaired) electrons. The predicted molar refractivity (Wildman–Crippen MR) is 90.3 cm³/mol. The fourth-order valence-electron chi connectivity index (χ4n) is 3.08. The summed E-state index contributed by atoms with van der Waals surface area (Å²) in [6.45, 7) is 4.82. The molecule has 6 heteroatoms. The molecule has 2 heterocycles. The van der Waals surface area contributed by atoms with Crippen LogP contribution in [0.2, 0.25) is 0 Å². The van der Waals surface area contributed by atoms with E-state index in [0.29, 0.717) is 11.7 Å². The molecular weight excluding hydrogens is 302 g/mol. The van der Waals surface area contributed by atoms with Gasteiger partial charge < -0.3 is 10.3 Å². The zero-order chi connectivity index (χ0) is 16.7. The summed E-state index contributed by atoms with van der Waals surface area (Å²) in [4.78, 5) is 4.49. The number of nitrogens with two attached hydrogens (primary N) is 1. The summed E-state index contributed by atoms with van der Waals surface area (Å²) < 4.78 is 7.40. The van der Waals surface area contributed by atoms with Gasteiger partial charge in [0.15, 0.2) is 5.82 Å². The van der Waals surface area contributed by atoms with E-state index < -0.39 is 5.54 Å². The second kappa shape index (κ2) is 5.56. The fourth-order valence-corrected chi connectivity index (χ4v) is 3.08. The highest BCUT2D eigenvalue weighted by Gasteiger charge is 2.39. The van der Waals surface area contributed by atoms with Gasteiger partial charge in [-0.15, -0.1) is 0 Å². The van der Waals surface area contributed by atoms with E-state index in [2.05, 4.69) is 40.4 Å². The Morgan fingerprint density at radius 1 is 1.21 bits per heavy atom. The van der Waals surface area contributed by atoms with E-state index >= 15 is 0 Å². The SMILES string of the molecule is Cc1cc(C)n(Cc2ccc(-c3nc(C4(N)CCC4)no3)cc2)n1. The van der Waals surface area contributed by atoms with E-state index in [-0.39, 0.29) is 0 Å². The number of aromatic nitrogens is 4. The number of rotatable bonds is 4. The molecule has 6 nitrogen and oxygen atoms in total. The van der Waals surface area contributed by atoms with E-state index in [1.165, 1.54) is 5.56 Å². The van der Waals surface area contributed by atoms with Gasteiger partial charge in [0.1, 0.15) is 0 Å². The van der Waals surface area contributed by atoms with Crippen molar-refractivity contribution in [3.05, 3.63) is 53.1 Å². The van der Waals surface area contributed by atoms with Crippen molar-refractivity contribution in [3.63, 3.8) is 0 Å². The molecule has 0 spiro atoms. The third-order valence-electron chi connectivity index (χ3n) is 4.75. The fraction of sp³-hybridized carbons (Fsp3) is 0.389. The third kappa shape index (κ3) is 2.63. The average Bonchev–Trinajstić information content (AvgIpc) is 3.13. The Balaban J connectivity index is 1.52. The Kier molecular flexibility index (Phi) is 3.49. The maximum Gasteiger partial charge on any atom is 0.257 e. The first-order valence-corrected chi connectivity index (χ1v) is 8.27. The molecule has 2 N–H and O–H groups in total. The highest BCUT2D eigenvalue weighted by Crippen LogP contribution is 2.37. The van der Waals surface area contributed by atoms with Gasteiger partial charge in [0, 0.05) is 11.3 Å². The van der Waals surface area contributed by atoms with E-state index in [1.54, 1.807) is 0 Å². The van der Waals surface area contributed by atoms with Gasteiger partial charge >= 0.3 is 0 Å². The largest absolute Gasteiger partial charge is 0.334 e. The molecule has 0 amide bonds. The molecule has 0 unspecified atom stereocenters. The lowest BCUT2D eigenvalue weighted by atomic mass is 9.77. The zero-order valence-electron chi connectivity index (χ0n) is 14.0. The van der Waals surface area contributed by atoms with Gasteiger partial charge in [-0.2, -0.15) is 10.1 Å². The molecule has 1 aliphatic carbocycles. The number of hydrogen-bond donors (Lipinski definition) is 1. The van der Waals surface area contributed by atoms with Crippen molar-refractivity contribution in [2.24, 2.45) is 5.73 Å². The van der Waals surface area contributed by atoms with Gasteiger partial charge in [-0.05, 0) is 56.9 Å². The van der Waals surface area contributed by atoms with Crippen LogP contribution >= 0.6 is 0 Å². The van der Waals surface area contributed by atoms with Crippen molar-refractivity contribution in [2.45, 2.75) is 45.2 Å². The summed E-state index contributed by atoms with van der Waals surface area (Å²) in [6, 6.07) is 10.2. The lowest BCUT2D eigenvalue weighted by molar-refractivity contribution is 0.229. The van der Waals surface area contributed by atoms with Crippen molar-refractivity contribution in [3.8, 4) is 11.5 Å². The maximum absolute atomic E-state index is 6.25. The zero-order valence-corrected chi connectivity index (χ0v) is 14.0. The molecule has 1 fully saturated rings. The molecule has 4 rings (SSSR count). The van der Waals surface area contributed by atoms with Crippen LogP contribution in [0.3, 0.4) is 0 Å². The number of hydrogen-bond acceptors (Lipinski definition) is 5. The van der Waals surface area contributed by atoms with Crippen LogP contribution in [0.4, 0.5) is 0 Å². The second-order valence-corrected chi connectivity index (χ2v) is 6.71. The van der Waals surface area contributed by atoms with Gasteiger partial charge in [-0.25, -0.2) is 0 Å². The van der Waals surface area contributed by atoms with Crippen LogP contribution in [0, 0.1) is 13.8 Å². The summed E-state index contributed by atoms with van der Waals surface area (Å²) in [6.07, 6.45) is 2.97. The number of nitrogens with zero attached hydrogens (tertiary/aromatic N) is 4. The molecule has 1 saturated carbocycles. The van der Waals surface area contributed by atoms with Gasteiger partial charge in [0.05, 0.1) is 17.8 Å². The predicted octanol–water partition coefficient (Wildman–Crippen LogP) is 2.94. The van der Waals surface area contributed by atoms with Crippen LogP contribution in [-0.4, -0.2) is 19.9 Å². The summed E-state index contributed by atoms with van der Waals surface area (Å²) in [7, 11) is 0. The molecule has 1 aromatic carbocycles. The first kappa shape index (κ1) is 15.1. The molecule has 1 aliphatic rings. The van der Waals surface area contributed by atoms with Crippen molar-refractivity contribution in [1.29, 1.82) is 0 Å². The molecule has 124 valence electrons. The summed E-state index contributed by atoms with van der Waals surface area (Å²) >= 11 is 0. The lowest BCUT2D eigenvalue weighted by Crippen LogP contribution is -2.44. The van der Waals surface area contributed by atoms with E-state index in [0.717, 1.165) is 42.8 Å². The Labute approximate surface area is 140 Å². The maximum atomic E-state index is 6.25.